The van der Waals surface area contributed by atoms with Gasteiger partial charge in [-0.25, -0.2) is 4.79 Å². The molecular formula is C29H33NO6. The number of ether oxygens (including phenoxy) is 4. The van der Waals surface area contributed by atoms with Crippen LogP contribution in [0.5, 0.6) is 17.2 Å². The van der Waals surface area contributed by atoms with Gasteiger partial charge in [-0.2, -0.15) is 0 Å². The van der Waals surface area contributed by atoms with E-state index >= 15 is 0 Å². The first-order valence-corrected chi connectivity index (χ1v) is 12.1. The average Bonchev–Trinajstić information content (AvgIpc) is 2.86. The molecule has 0 spiro atoms. The van der Waals surface area contributed by atoms with Gasteiger partial charge >= 0.3 is 5.97 Å². The number of hydrogen-bond donors (Lipinski definition) is 1. The summed E-state index contributed by atoms with van der Waals surface area (Å²) in [5.74, 6) is 0.812. The van der Waals surface area contributed by atoms with E-state index in [4.69, 9.17) is 18.9 Å². The van der Waals surface area contributed by atoms with Crippen LogP contribution in [0, 0.1) is 0 Å². The number of para-hydroxylation sites is 1. The van der Waals surface area contributed by atoms with E-state index in [0.29, 0.717) is 46.9 Å². The molecule has 36 heavy (non-hydrogen) atoms. The molecule has 2 aromatic carbocycles. The lowest BCUT2D eigenvalue weighted by molar-refractivity contribution is -0.136. The zero-order chi connectivity index (χ0) is 26.0. The fourth-order valence-corrected chi connectivity index (χ4v) is 5.15. The summed E-state index contributed by atoms with van der Waals surface area (Å²) in [4.78, 5) is 26.8. The predicted molar refractivity (Wildman–Crippen MR) is 136 cm³/mol. The van der Waals surface area contributed by atoms with E-state index in [-0.39, 0.29) is 17.8 Å². The van der Waals surface area contributed by atoms with Crippen LogP contribution in [0.4, 0.5) is 0 Å². The Morgan fingerprint density at radius 1 is 0.972 bits per heavy atom. The Bertz CT molecular complexity index is 1240. The molecule has 0 unspecified atom stereocenters. The molecule has 0 aromatic heterocycles. The molecule has 7 heteroatoms. The Hall–Kier alpha value is -3.74. The highest BCUT2D eigenvalue weighted by Gasteiger charge is 2.42. The number of ketones is 1. The van der Waals surface area contributed by atoms with Gasteiger partial charge < -0.3 is 24.3 Å². The zero-order valence-electron chi connectivity index (χ0n) is 21.6. The number of allylic oxidation sites excluding steroid dienone is 3. The van der Waals surface area contributed by atoms with E-state index in [1.54, 1.807) is 14.2 Å². The number of Topliss-reactive ketones (excluding diaryl/α,β-unsaturated/α-hetero) is 1. The molecule has 2 aliphatic rings. The number of carbonyl (C=O) groups is 2. The summed E-state index contributed by atoms with van der Waals surface area (Å²) in [5.41, 5.74) is 4.28. The summed E-state index contributed by atoms with van der Waals surface area (Å²) >= 11 is 0. The van der Waals surface area contributed by atoms with Crippen molar-refractivity contribution < 1.29 is 28.5 Å². The van der Waals surface area contributed by atoms with Crippen molar-refractivity contribution in [2.24, 2.45) is 0 Å². The van der Waals surface area contributed by atoms with E-state index in [1.165, 1.54) is 7.11 Å². The third kappa shape index (κ3) is 4.70. The second kappa shape index (κ2) is 10.5. The van der Waals surface area contributed by atoms with Crippen LogP contribution in [-0.2, 0) is 14.3 Å². The maximum Gasteiger partial charge on any atom is 0.336 e. The average molecular weight is 492 g/mol. The van der Waals surface area contributed by atoms with E-state index < -0.39 is 11.9 Å². The maximum atomic E-state index is 13.8. The summed E-state index contributed by atoms with van der Waals surface area (Å²) < 4.78 is 22.1. The fourth-order valence-electron chi connectivity index (χ4n) is 5.15. The Balaban J connectivity index is 1.81. The fraction of sp³-hybridized carbons (Fsp3) is 0.379. The summed E-state index contributed by atoms with van der Waals surface area (Å²) in [6.45, 7) is 5.75. The lowest BCUT2D eigenvalue weighted by Gasteiger charge is -2.37. The van der Waals surface area contributed by atoms with Crippen molar-refractivity contribution in [2.75, 3.05) is 21.3 Å². The number of methoxy groups -OCH3 is 3. The molecule has 1 N–H and O–H groups in total. The SMILES string of the molecule is COC(=O)C1=C(C)NC2=C(C(=O)C[C@@H](c3ccc(OC)c(OC)c3)C2)[C@@H]1c1ccccc1OC(C)C. The Morgan fingerprint density at radius 2 is 1.69 bits per heavy atom. The number of esters is 1. The summed E-state index contributed by atoms with van der Waals surface area (Å²) in [6, 6.07) is 13.3. The maximum absolute atomic E-state index is 13.8. The van der Waals surface area contributed by atoms with Crippen LogP contribution in [0.15, 0.2) is 65.0 Å². The zero-order valence-corrected chi connectivity index (χ0v) is 21.6. The molecule has 1 aliphatic carbocycles. The quantitative estimate of drug-likeness (QED) is 0.544. The summed E-state index contributed by atoms with van der Waals surface area (Å²) in [5, 5.41) is 3.37. The number of benzene rings is 2. The molecule has 0 saturated heterocycles. The van der Waals surface area contributed by atoms with Crippen molar-refractivity contribution in [3.63, 3.8) is 0 Å². The second-order valence-corrected chi connectivity index (χ2v) is 9.33. The molecule has 2 atom stereocenters. The number of dihydropyridines is 1. The number of hydrogen-bond acceptors (Lipinski definition) is 7. The van der Waals surface area contributed by atoms with Crippen molar-refractivity contribution in [3.8, 4) is 17.2 Å². The first-order valence-electron chi connectivity index (χ1n) is 12.1. The van der Waals surface area contributed by atoms with Crippen LogP contribution >= 0.6 is 0 Å². The number of carbonyl (C=O) groups excluding carboxylic acids is 2. The highest BCUT2D eigenvalue weighted by molar-refractivity contribution is 6.04. The highest BCUT2D eigenvalue weighted by Crippen LogP contribution is 2.48. The minimum Gasteiger partial charge on any atom is -0.493 e. The van der Waals surface area contributed by atoms with Gasteiger partial charge in [0.25, 0.3) is 0 Å². The molecule has 0 amide bonds. The van der Waals surface area contributed by atoms with Crippen molar-refractivity contribution in [1.82, 2.24) is 5.32 Å². The monoisotopic (exact) mass is 491 g/mol. The van der Waals surface area contributed by atoms with Crippen LogP contribution in [-0.4, -0.2) is 39.2 Å². The van der Waals surface area contributed by atoms with Crippen LogP contribution in [0.3, 0.4) is 0 Å². The molecule has 1 heterocycles. The first kappa shape index (κ1) is 25.4. The molecule has 0 saturated carbocycles. The molecule has 0 radical (unpaired) electrons. The molecule has 0 fully saturated rings. The predicted octanol–water partition coefficient (Wildman–Crippen LogP) is 5.03. The molecule has 190 valence electrons. The molecule has 0 bridgehead atoms. The minimum atomic E-state index is -0.581. The van der Waals surface area contributed by atoms with Gasteiger partial charge in [0.05, 0.1) is 38.9 Å². The lowest BCUT2D eigenvalue weighted by Crippen LogP contribution is -2.36. The van der Waals surface area contributed by atoms with Crippen LogP contribution in [0.2, 0.25) is 0 Å². The molecule has 7 nitrogen and oxygen atoms in total. The van der Waals surface area contributed by atoms with Gasteiger partial charge in [-0.1, -0.05) is 24.3 Å². The molecule has 1 aliphatic heterocycles. The van der Waals surface area contributed by atoms with Crippen molar-refractivity contribution in [3.05, 3.63) is 76.1 Å². The third-order valence-corrected chi connectivity index (χ3v) is 6.70. The second-order valence-electron chi connectivity index (χ2n) is 9.33. The van der Waals surface area contributed by atoms with Crippen LogP contribution < -0.4 is 19.5 Å². The molecular weight excluding hydrogens is 458 g/mol. The van der Waals surface area contributed by atoms with Gasteiger partial charge in [-0.05, 0) is 56.9 Å². The van der Waals surface area contributed by atoms with Gasteiger partial charge in [-0.15, -0.1) is 0 Å². The number of rotatable bonds is 7. The lowest BCUT2D eigenvalue weighted by atomic mass is 9.71. The summed E-state index contributed by atoms with van der Waals surface area (Å²) in [6.07, 6.45) is 0.865. The van der Waals surface area contributed by atoms with Gasteiger partial charge in [0, 0.05) is 29.0 Å². The minimum absolute atomic E-state index is 0.0122. The Morgan fingerprint density at radius 3 is 2.36 bits per heavy atom. The van der Waals surface area contributed by atoms with Crippen molar-refractivity contribution in [1.29, 1.82) is 0 Å². The largest absolute Gasteiger partial charge is 0.493 e. The smallest absolute Gasteiger partial charge is 0.336 e. The van der Waals surface area contributed by atoms with E-state index in [2.05, 4.69) is 5.32 Å². The normalized spacial score (nSPS) is 19.6. The summed E-state index contributed by atoms with van der Waals surface area (Å²) in [7, 11) is 4.55. The van der Waals surface area contributed by atoms with Crippen molar-refractivity contribution >= 4 is 11.8 Å². The highest BCUT2D eigenvalue weighted by atomic mass is 16.5. The Kier molecular flexibility index (Phi) is 7.38. The van der Waals surface area contributed by atoms with E-state index in [0.717, 1.165) is 16.8 Å². The Labute approximate surface area is 212 Å². The van der Waals surface area contributed by atoms with Gasteiger partial charge in [0.2, 0.25) is 0 Å². The van der Waals surface area contributed by atoms with Crippen molar-refractivity contribution in [2.45, 2.75) is 51.6 Å². The standard InChI is InChI=1S/C29H33NO6/c1-16(2)36-23-10-8-7-9-20(23)27-26(29(32)35-6)17(3)30-21-13-19(14-22(31)28(21)27)18-11-12-24(33-4)25(15-18)34-5/h7-12,15-16,19,27,30H,13-14H2,1-6H3/t19-,27+/m0/s1. The van der Waals surface area contributed by atoms with Crippen LogP contribution in [0.1, 0.15) is 56.6 Å². The van der Waals surface area contributed by atoms with Gasteiger partial charge in [-0.3, -0.25) is 4.79 Å². The molecule has 4 rings (SSSR count). The topological polar surface area (TPSA) is 83.1 Å². The molecule has 2 aromatic rings. The van der Waals surface area contributed by atoms with Gasteiger partial charge in [0.1, 0.15) is 5.75 Å². The van der Waals surface area contributed by atoms with E-state index in [9.17, 15) is 9.59 Å². The van der Waals surface area contributed by atoms with E-state index in [1.807, 2.05) is 63.2 Å². The van der Waals surface area contributed by atoms with Crippen LogP contribution in [0.25, 0.3) is 0 Å². The number of nitrogens with one attached hydrogen (secondary N) is 1. The van der Waals surface area contributed by atoms with Gasteiger partial charge in [0.15, 0.2) is 17.3 Å². The third-order valence-electron chi connectivity index (χ3n) is 6.70. The first-order chi connectivity index (χ1) is 17.3.